The number of carbonyl (C=O) groups is 1. The van der Waals surface area contributed by atoms with Crippen molar-refractivity contribution in [2.24, 2.45) is 0 Å². The number of amides is 1. The number of aryl methyl sites for hydroxylation is 1. The van der Waals surface area contributed by atoms with Gasteiger partial charge in [-0.25, -0.2) is 4.98 Å². The van der Waals surface area contributed by atoms with E-state index in [1.807, 2.05) is 55.5 Å². The summed E-state index contributed by atoms with van der Waals surface area (Å²) in [6.45, 7) is 1.82. The van der Waals surface area contributed by atoms with E-state index in [1.54, 1.807) is 6.07 Å². The number of para-hydroxylation sites is 1. The van der Waals surface area contributed by atoms with Crippen molar-refractivity contribution in [3.8, 4) is 17.2 Å². The lowest BCUT2D eigenvalue weighted by molar-refractivity contribution is -0.116. The van der Waals surface area contributed by atoms with Gasteiger partial charge in [0.15, 0.2) is 0 Å². The number of thioether (sulfide) groups is 1. The Morgan fingerprint density at radius 1 is 1.19 bits per heavy atom. The van der Waals surface area contributed by atoms with Gasteiger partial charge in [-0.2, -0.15) is 5.26 Å². The Hall–Kier alpha value is -3.41. The van der Waals surface area contributed by atoms with Crippen molar-refractivity contribution in [2.45, 2.75) is 18.4 Å². The van der Waals surface area contributed by atoms with E-state index in [1.165, 1.54) is 34.0 Å². The van der Waals surface area contributed by atoms with Crippen LogP contribution in [0, 0.1) is 18.3 Å². The average molecular weight is 447 g/mol. The number of hydrogen-bond donors (Lipinski definition) is 1. The van der Waals surface area contributed by atoms with Crippen LogP contribution in [0.15, 0.2) is 70.6 Å². The van der Waals surface area contributed by atoms with Crippen LogP contribution >= 0.6 is 23.1 Å². The number of nitriles is 1. The Labute approximate surface area is 187 Å². The minimum atomic E-state index is -0.332. The van der Waals surface area contributed by atoms with Crippen LogP contribution in [0.25, 0.3) is 21.3 Å². The van der Waals surface area contributed by atoms with Gasteiger partial charge in [0.1, 0.15) is 11.4 Å². The van der Waals surface area contributed by atoms with Crippen LogP contribution < -0.4 is 10.9 Å². The third-order valence-electron chi connectivity index (χ3n) is 4.68. The van der Waals surface area contributed by atoms with Crippen molar-refractivity contribution in [1.29, 1.82) is 5.26 Å². The van der Waals surface area contributed by atoms with Crippen LogP contribution in [-0.4, -0.2) is 21.2 Å². The number of aromatic nitrogens is 2. The van der Waals surface area contributed by atoms with E-state index in [0.717, 1.165) is 20.9 Å². The number of fused-ring (bicyclic) bond motifs is 1. The second-order valence-corrected chi connectivity index (χ2v) is 8.97. The fourth-order valence-electron chi connectivity index (χ4n) is 3.35. The monoisotopic (exact) mass is 446 g/mol. The van der Waals surface area contributed by atoms with Crippen molar-refractivity contribution in [3.63, 3.8) is 0 Å². The zero-order chi connectivity index (χ0) is 21.8. The Morgan fingerprint density at radius 3 is 2.71 bits per heavy atom. The average Bonchev–Trinajstić information content (AvgIpc) is 3.12. The summed E-state index contributed by atoms with van der Waals surface area (Å²) in [5.74, 6) is -0.0475. The molecule has 0 bridgehead atoms. The molecule has 4 aromatic rings. The molecule has 6 nitrogen and oxygen atoms in total. The van der Waals surface area contributed by atoms with Gasteiger partial charge in [-0.15, -0.1) is 23.1 Å². The molecule has 0 unspecified atom stereocenters. The smallest absolute Gasteiger partial charge is 0.263 e. The SMILES string of the molecule is Cc1sc2ncn(CC(=O)Nc3ccccc3SCC#N)c(=O)c2c1-c1ccccc1. The molecule has 1 amide bonds. The second kappa shape index (κ2) is 9.16. The van der Waals surface area contributed by atoms with Gasteiger partial charge < -0.3 is 5.32 Å². The molecule has 0 atom stereocenters. The van der Waals surface area contributed by atoms with Crippen LogP contribution in [-0.2, 0) is 11.3 Å². The van der Waals surface area contributed by atoms with E-state index in [0.29, 0.717) is 15.9 Å². The summed E-state index contributed by atoms with van der Waals surface area (Å²) >= 11 is 2.82. The highest BCUT2D eigenvalue weighted by Gasteiger charge is 2.18. The molecular formula is C23H18N4O2S2. The van der Waals surface area contributed by atoms with Crippen LogP contribution in [0.2, 0.25) is 0 Å². The number of anilines is 1. The number of nitrogens with zero attached hydrogens (tertiary/aromatic N) is 3. The Morgan fingerprint density at radius 2 is 1.94 bits per heavy atom. The van der Waals surface area contributed by atoms with E-state index < -0.39 is 0 Å². The first-order chi connectivity index (χ1) is 15.1. The lowest BCUT2D eigenvalue weighted by Crippen LogP contribution is -2.28. The maximum absolute atomic E-state index is 13.2. The molecule has 2 aromatic heterocycles. The lowest BCUT2D eigenvalue weighted by atomic mass is 10.0. The quantitative estimate of drug-likeness (QED) is 0.434. The molecule has 0 radical (unpaired) electrons. The minimum Gasteiger partial charge on any atom is -0.324 e. The summed E-state index contributed by atoms with van der Waals surface area (Å²) in [5.41, 5.74) is 2.20. The van der Waals surface area contributed by atoms with Gasteiger partial charge >= 0.3 is 0 Å². The lowest BCUT2D eigenvalue weighted by Gasteiger charge is -2.11. The topological polar surface area (TPSA) is 87.8 Å². The molecule has 0 aliphatic heterocycles. The maximum Gasteiger partial charge on any atom is 0.263 e. The van der Waals surface area contributed by atoms with Crippen molar-refractivity contribution in [1.82, 2.24) is 9.55 Å². The van der Waals surface area contributed by atoms with E-state index >= 15 is 0 Å². The third-order valence-corrected chi connectivity index (χ3v) is 6.64. The van der Waals surface area contributed by atoms with Crippen molar-refractivity contribution < 1.29 is 4.79 Å². The van der Waals surface area contributed by atoms with Crippen LogP contribution in [0.3, 0.4) is 0 Å². The van der Waals surface area contributed by atoms with Gasteiger partial charge in [-0.05, 0) is 24.6 Å². The van der Waals surface area contributed by atoms with Gasteiger partial charge in [0.25, 0.3) is 5.56 Å². The van der Waals surface area contributed by atoms with Crippen molar-refractivity contribution in [3.05, 3.63) is 76.2 Å². The molecule has 0 saturated carbocycles. The molecule has 0 aliphatic rings. The first-order valence-electron chi connectivity index (χ1n) is 9.51. The molecule has 0 saturated heterocycles. The predicted molar refractivity (Wildman–Crippen MR) is 125 cm³/mol. The molecule has 0 fully saturated rings. The molecular weight excluding hydrogens is 428 g/mol. The van der Waals surface area contributed by atoms with E-state index in [4.69, 9.17) is 5.26 Å². The standard InChI is InChI=1S/C23H18N4O2S2/c1-15-20(16-7-3-2-4-8-16)21-22(31-15)25-14-27(23(21)29)13-19(28)26-17-9-5-6-10-18(17)30-12-11-24/h2-10,14H,12-13H2,1H3,(H,26,28). The summed E-state index contributed by atoms with van der Waals surface area (Å²) in [6, 6.07) is 19.1. The summed E-state index contributed by atoms with van der Waals surface area (Å²) in [6.07, 6.45) is 1.42. The Kier molecular flexibility index (Phi) is 6.16. The molecule has 0 spiro atoms. The van der Waals surface area contributed by atoms with E-state index in [-0.39, 0.29) is 23.8 Å². The molecule has 4 rings (SSSR count). The maximum atomic E-state index is 13.2. The number of benzene rings is 2. The minimum absolute atomic E-state index is 0.151. The van der Waals surface area contributed by atoms with Crippen molar-refractivity contribution >= 4 is 44.9 Å². The Bertz CT molecular complexity index is 1350. The van der Waals surface area contributed by atoms with Gasteiger partial charge in [-0.1, -0.05) is 42.5 Å². The number of rotatable bonds is 6. The van der Waals surface area contributed by atoms with E-state index in [2.05, 4.69) is 16.4 Å². The fraction of sp³-hybridized carbons (Fsp3) is 0.130. The van der Waals surface area contributed by atoms with E-state index in [9.17, 15) is 9.59 Å². The number of nitrogens with one attached hydrogen (secondary N) is 1. The van der Waals surface area contributed by atoms with Crippen LogP contribution in [0.1, 0.15) is 4.88 Å². The van der Waals surface area contributed by atoms with Crippen molar-refractivity contribution in [2.75, 3.05) is 11.1 Å². The third kappa shape index (κ3) is 4.38. The molecule has 0 aliphatic carbocycles. The van der Waals surface area contributed by atoms with Gasteiger partial charge in [0, 0.05) is 15.3 Å². The molecule has 2 heterocycles. The van der Waals surface area contributed by atoms with Gasteiger partial charge in [-0.3, -0.25) is 14.2 Å². The highest BCUT2D eigenvalue weighted by Crippen LogP contribution is 2.35. The molecule has 31 heavy (non-hydrogen) atoms. The zero-order valence-electron chi connectivity index (χ0n) is 16.7. The van der Waals surface area contributed by atoms with Crippen LogP contribution in [0.5, 0.6) is 0 Å². The number of carbonyl (C=O) groups excluding carboxylic acids is 1. The van der Waals surface area contributed by atoms with Crippen LogP contribution in [0.4, 0.5) is 5.69 Å². The highest BCUT2D eigenvalue weighted by molar-refractivity contribution is 7.99. The molecule has 154 valence electrons. The fourth-order valence-corrected chi connectivity index (χ4v) is 5.03. The summed E-state index contributed by atoms with van der Waals surface area (Å²) in [5, 5.41) is 12.2. The molecule has 2 aromatic carbocycles. The first kappa shape index (κ1) is 20.8. The predicted octanol–water partition coefficient (Wildman–Crippen LogP) is 4.69. The van der Waals surface area contributed by atoms with Gasteiger partial charge in [0.05, 0.1) is 29.2 Å². The molecule has 1 N–H and O–H groups in total. The largest absolute Gasteiger partial charge is 0.324 e. The summed E-state index contributed by atoms with van der Waals surface area (Å²) < 4.78 is 1.33. The molecule has 8 heteroatoms. The number of hydrogen-bond acceptors (Lipinski definition) is 6. The zero-order valence-corrected chi connectivity index (χ0v) is 18.3. The second-order valence-electron chi connectivity index (χ2n) is 6.75. The number of thiophene rings is 1. The highest BCUT2D eigenvalue weighted by atomic mass is 32.2. The normalized spacial score (nSPS) is 10.7. The summed E-state index contributed by atoms with van der Waals surface area (Å²) in [7, 11) is 0. The first-order valence-corrected chi connectivity index (χ1v) is 11.3. The summed E-state index contributed by atoms with van der Waals surface area (Å²) in [4.78, 5) is 32.8. The van der Waals surface area contributed by atoms with Gasteiger partial charge in [0.2, 0.25) is 5.91 Å². The Balaban J connectivity index is 1.64.